The van der Waals surface area contributed by atoms with Gasteiger partial charge in [0.15, 0.2) is 0 Å². The van der Waals surface area contributed by atoms with Gasteiger partial charge in [-0.1, -0.05) is 20.3 Å². The average molecular weight is 253 g/mol. The van der Waals surface area contributed by atoms with Crippen molar-refractivity contribution in [2.75, 3.05) is 0 Å². The van der Waals surface area contributed by atoms with E-state index in [1.807, 2.05) is 0 Å². The first-order valence-electron chi connectivity index (χ1n) is 6.63. The zero-order chi connectivity index (χ0) is 13.2. The third-order valence-electron chi connectivity index (χ3n) is 3.72. The lowest BCUT2D eigenvalue weighted by Crippen LogP contribution is -2.36. The minimum absolute atomic E-state index is 0.378. The Labute approximate surface area is 108 Å². The van der Waals surface area contributed by atoms with E-state index in [0.717, 1.165) is 18.9 Å². The standard InChI is InChI=1S/C15H21F2N/c1-15(2)5-3-4-14(9-15)18-10-11-6-12(16)8-13(17)7-11/h6-8,14,18H,3-5,9-10H2,1-2H3. The van der Waals surface area contributed by atoms with Gasteiger partial charge in [-0.05, 0) is 42.4 Å². The van der Waals surface area contributed by atoms with Crippen LogP contribution in [0, 0.1) is 17.0 Å². The molecule has 18 heavy (non-hydrogen) atoms. The fourth-order valence-electron chi connectivity index (χ4n) is 2.85. The molecule has 1 atom stereocenters. The van der Waals surface area contributed by atoms with Gasteiger partial charge >= 0.3 is 0 Å². The summed E-state index contributed by atoms with van der Waals surface area (Å²) in [5.41, 5.74) is 1.05. The second kappa shape index (κ2) is 5.35. The summed E-state index contributed by atoms with van der Waals surface area (Å²) in [4.78, 5) is 0. The Hall–Kier alpha value is -0.960. The van der Waals surface area contributed by atoms with Gasteiger partial charge in [0.2, 0.25) is 0 Å². The van der Waals surface area contributed by atoms with E-state index in [0.29, 0.717) is 23.6 Å². The molecule has 0 amide bonds. The van der Waals surface area contributed by atoms with Crippen LogP contribution in [0.5, 0.6) is 0 Å². The normalized spacial score (nSPS) is 23.0. The molecule has 0 saturated heterocycles. The smallest absolute Gasteiger partial charge is 0.126 e. The average Bonchev–Trinajstić information content (AvgIpc) is 2.24. The summed E-state index contributed by atoms with van der Waals surface area (Å²) in [6.07, 6.45) is 4.77. The lowest BCUT2D eigenvalue weighted by atomic mass is 9.75. The minimum atomic E-state index is -0.504. The van der Waals surface area contributed by atoms with Crippen molar-refractivity contribution >= 4 is 0 Å². The van der Waals surface area contributed by atoms with E-state index in [2.05, 4.69) is 19.2 Å². The number of hydrogen-bond acceptors (Lipinski definition) is 1. The number of halogens is 2. The molecule has 0 aromatic heterocycles. The molecule has 0 spiro atoms. The Morgan fingerprint density at radius 1 is 1.22 bits per heavy atom. The molecule has 100 valence electrons. The molecule has 3 heteroatoms. The quantitative estimate of drug-likeness (QED) is 0.857. The molecule has 1 N–H and O–H groups in total. The number of hydrogen-bond donors (Lipinski definition) is 1. The second-order valence-electron chi connectivity index (χ2n) is 6.12. The highest BCUT2D eigenvalue weighted by Gasteiger charge is 2.27. The van der Waals surface area contributed by atoms with E-state index in [9.17, 15) is 8.78 Å². The molecule has 1 aromatic rings. The van der Waals surface area contributed by atoms with Crippen molar-refractivity contribution in [2.45, 2.75) is 52.1 Å². The monoisotopic (exact) mass is 253 g/mol. The van der Waals surface area contributed by atoms with Gasteiger partial charge in [0, 0.05) is 18.7 Å². The van der Waals surface area contributed by atoms with Crippen LogP contribution in [0.3, 0.4) is 0 Å². The van der Waals surface area contributed by atoms with Crippen LogP contribution in [-0.2, 0) is 6.54 Å². The van der Waals surface area contributed by atoms with Crippen LogP contribution < -0.4 is 5.32 Å². The van der Waals surface area contributed by atoms with Gasteiger partial charge < -0.3 is 5.32 Å². The molecule has 1 saturated carbocycles. The molecular formula is C15H21F2N. The molecule has 1 unspecified atom stereocenters. The van der Waals surface area contributed by atoms with Gasteiger partial charge in [0.05, 0.1) is 0 Å². The SMILES string of the molecule is CC1(C)CCCC(NCc2cc(F)cc(F)c2)C1. The molecule has 0 radical (unpaired) electrons. The van der Waals surface area contributed by atoms with Crippen LogP contribution in [0.15, 0.2) is 18.2 Å². The molecular weight excluding hydrogens is 232 g/mol. The van der Waals surface area contributed by atoms with Gasteiger partial charge in [-0.2, -0.15) is 0 Å². The minimum Gasteiger partial charge on any atom is -0.310 e. The summed E-state index contributed by atoms with van der Waals surface area (Å²) in [7, 11) is 0. The van der Waals surface area contributed by atoms with Crippen molar-refractivity contribution in [1.82, 2.24) is 5.32 Å². The predicted molar refractivity (Wildman–Crippen MR) is 69.2 cm³/mol. The van der Waals surface area contributed by atoms with Crippen LogP contribution in [0.25, 0.3) is 0 Å². The molecule has 1 aromatic carbocycles. The first kappa shape index (κ1) is 13.5. The number of nitrogens with one attached hydrogen (secondary N) is 1. The van der Waals surface area contributed by atoms with Gasteiger partial charge in [-0.25, -0.2) is 8.78 Å². The summed E-state index contributed by atoms with van der Waals surface area (Å²) in [5, 5.41) is 3.41. The summed E-state index contributed by atoms with van der Waals surface area (Å²) < 4.78 is 26.1. The zero-order valence-electron chi connectivity index (χ0n) is 11.1. The largest absolute Gasteiger partial charge is 0.310 e. The Bertz CT molecular complexity index is 395. The van der Waals surface area contributed by atoms with Crippen molar-refractivity contribution in [3.05, 3.63) is 35.4 Å². The molecule has 1 nitrogen and oxygen atoms in total. The van der Waals surface area contributed by atoms with Crippen LogP contribution in [0.2, 0.25) is 0 Å². The first-order valence-corrected chi connectivity index (χ1v) is 6.63. The van der Waals surface area contributed by atoms with Crippen molar-refractivity contribution in [2.24, 2.45) is 5.41 Å². The maximum Gasteiger partial charge on any atom is 0.126 e. The van der Waals surface area contributed by atoms with E-state index in [-0.39, 0.29) is 0 Å². The molecule has 1 aliphatic rings. The van der Waals surface area contributed by atoms with Gasteiger partial charge in [0.1, 0.15) is 11.6 Å². The summed E-state index contributed by atoms with van der Waals surface area (Å²) in [6.45, 7) is 5.10. The van der Waals surface area contributed by atoms with Crippen LogP contribution in [-0.4, -0.2) is 6.04 Å². The van der Waals surface area contributed by atoms with E-state index in [1.54, 1.807) is 0 Å². The van der Waals surface area contributed by atoms with Crippen LogP contribution >= 0.6 is 0 Å². The highest BCUT2D eigenvalue weighted by Crippen LogP contribution is 2.35. The molecule has 1 aliphatic carbocycles. The lowest BCUT2D eigenvalue weighted by molar-refractivity contribution is 0.197. The summed E-state index contributed by atoms with van der Waals surface area (Å²) in [5.74, 6) is -1.01. The number of benzene rings is 1. The topological polar surface area (TPSA) is 12.0 Å². The van der Waals surface area contributed by atoms with Crippen LogP contribution in [0.1, 0.15) is 45.1 Å². The van der Waals surface area contributed by atoms with E-state index in [4.69, 9.17) is 0 Å². The highest BCUT2D eigenvalue weighted by molar-refractivity contribution is 5.17. The maximum atomic E-state index is 13.0. The zero-order valence-corrected chi connectivity index (χ0v) is 11.1. The maximum absolute atomic E-state index is 13.0. The molecule has 1 fully saturated rings. The Balaban J connectivity index is 1.91. The fraction of sp³-hybridized carbons (Fsp3) is 0.600. The molecule has 2 rings (SSSR count). The van der Waals surface area contributed by atoms with Crippen molar-refractivity contribution in [1.29, 1.82) is 0 Å². The third kappa shape index (κ3) is 3.77. The molecule has 0 heterocycles. The van der Waals surface area contributed by atoms with E-state index >= 15 is 0 Å². The summed E-state index contributed by atoms with van der Waals surface area (Å²) >= 11 is 0. The fourth-order valence-corrected chi connectivity index (χ4v) is 2.85. The van der Waals surface area contributed by atoms with Crippen molar-refractivity contribution in [3.8, 4) is 0 Å². The highest BCUT2D eigenvalue weighted by atomic mass is 19.1. The van der Waals surface area contributed by atoms with Crippen LogP contribution in [0.4, 0.5) is 8.78 Å². The van der Waals surface area contributed by atoms with E-state index in [1.165, 1.54) is 25.0 Å². The van der Waals surface area contributed by atoms with Crippen molar-refractivity contribution in [3.63, 3.8) is 0 Å². The summed E-state index contributed by atoms with van der Waals surface area (Å²) in [6, 6.07) is 4.15. The number of rotatable bonds is 3. The predicted octanol–water partition coefficient (Wildman–Crippen LogP) is 4.02. The van der Waals surface area contributed by atoms with Crippen molar-refractivity contribution < 1.29 is 8.78 Å². The van der Waals surface area contributed by atoms with E-state index < -0.39 is 11.6 Å². The van der Waals surface area contributed by atoms with Gasteiger partial charge in [-0.3, -0.25) is 0 Å². The Morgan fingerprint density at radius 2 is 1.89 bits per heavy atom. The Kier molecular flexibility index (Phi) is 4.00. The van der Waals surface area contributed by atoms with Gasteiger partial charge in [0.25, 0.3) is 0 Å². The van der Waals surface area contributed by atoms with Gasteiger partial charge in [-0.15, -0.1) is 0 Å². The molecule has 0 bridgehead atoms. The first-order chi connectivity index (χ1) is 8.44. The lowest BCUT2D eigenvalue weighted by Gasteiger charge is -2.35. The Morgan fingerprint density at radius 3 is 2.50 bits per heavy atom. The molecule has 0 aliphatic heterocycles. The second-order valence-corrected chi connectivity index (χ2v) is 6.12. The third-order valence-corrected chi connectivity index (χ3v) is 3.72.